The predicted octanol–water partition coefficient (Wildman–Crippen LogP) is 14.9. The first-order chi connectivity index (χ1) is 28.7. The van der Waals surface area contributed by atoms with E-state index in [9.17, 15) is 0 Å². The molecule has 1 heterocycles. The lowest BCUT2D eigenvalue weighted by Gasteiger charge is -2.36. The number of fused-ring (bicyclic) bond motifs is 6. The van der Waals surface area contributed by atoms with E-state index in [0.29, 0.717) is 0 Å². The molecule has 0 bridgehead atoms. The fourth-order valence-electron chi connectivity index (χ4n) is 9.89. The first-order valence-electron chi connectivity index (χ1n) is 20.7. The smallest absolute Gasteiger partial charge is 0.160 e. The Morgan fingerprint density at radius 1 is 0.328 bits per heavy atom. The molecule has 1 fully saturated rings. The van der Waals surface area contributed by atoms with Crippen LogP contribution in [0.1, 0.15) is 43.2 Å². The van der Waals surface area contributed by atoms with Gasteiger partial charge in [-0.1, -0.05) is 189 Å². The molecule has 58 heavy (non-hydrogen) atoms. The van der Waals surface area contributed by atoms with Crippen LogP contribution in [-0.4, -0.2) is 9.97 Å². The molecule has 0 amide bonds. The van der Waals surface area contributed by atoms with Crippen LogP contribution in [0.25, 0.3) is 89.2 Å². The van der Waals surface area contributed by atoms with E-state index in [2.05, 4.69) is 176 Å². The molecular weight excluding hydrogens is 701 g/mol. The van der Waals surface area contributed by atoms with Gasteiger partial charge in [-0.2, -0.15) is 0 Å². The van der Waals surface area contributed by atoms with Gasteiger partial charge in [0.05, 0.1) is 11.4 Å². The van der Waals surface area contributed by atoms with Gasteiger partial charge in [-0.25, -0.2) is 9.97 Å². The van der Waals surface area contributed by atoms with Crippen LogP contribution in [0.4, 0.5) is 0 Å². The summed E-state index contributed by atoms with van der Waals surface area (Å²) >= 11 is 0. The average molecular weight is 743 g/mol. The van der Waals surface area contributed by atoms with Gasteiger partial charge in [-0.05, 0) is 104 Å². The Morgan fingerprint density at radius 3 is 1.66 bits per heavy atom. The molecular formula is C56H42N2. The summed E-state index contributed by atoms with van der Waals surface area (Å²) in [6.45, 7) is 0. The number of benzene rings is 8. The fourth-order valence-corrected chi connectivity index (χ4v) is 9.89. The second-order valence-electron chi connectivity index (χ2n) is 16.0. The largest absolute Gasteiger partial charge is 0.228 e. The molecule has 2 aliphatic rings. The van der Waals surface area contributed by atoms with Gasteiger partial charge >= 0.3 is 0 Å². The van der Waals surface area contributed by atoms with Crippen molar-refractivity contribution in [3.63, 3.8) is 0 Å². The number of aromatic nitrogens is 2. The molecule has 1 spiro atoms. The standard InChI is InChI=1S/C56H42N2/c1-4-16-38(17-5-1)42-22-14-23-45(34-42)53-37-52(57-55(58-53)41-18-6-2-7-19-41)40-30-28-39(29-31-40)46-24-10-11-25-47(46)48-26-15-27-50-54(48)49-35-43-20-8-9-21-44(43)36-51(49)56(50)32-12-3-13-33-56/h1-2,4-11,14-31,34-37H,3,12-13,32-33H2. The molecule has 2 heteroatoms. The Hall–Kier alpha value is -6.90. The minimum Gasteiger partial charge on any atom is -0.228 e. The summed E-state index contributed by atoms with van der Waals surface area (Å²) in [5, 5.41) is 2.65. The number of hydrogen-bond acceptors (Lipinski definition) is 2. The Bertz CT molecular complexity index is 2960. The lowest BCUT2D eigenvalue weighted by molar-refractivity contribution is 0.353. The molecule has 8 aromatic carbocycles. The molecule has 11 rings (SSSR count). The Morgan fingerprint density at radius 2 is 0.897 bits per heavy atom. The maximum atomic E-state index is 5.16. The first kappa shape index (κ1) is 34.4. The molecule has 1 saturated carbocycles. The summed E-state index contributed by atoms with van der Waals surface area (Å²) in [6, 6.07) is 70.5. The van der Waals surface area contributed by atoms with Gasteiger partial charge < -0.3 is 0 Å². The van der Waals surface area contributed by atoms with Crippen molar-refractivity contribution in [1.82, 2.24) is 9.97 Å². The maximum Gasteiger partial charge on any atom is 0.160 e. The molecule has 0 saturated heterocycles. The summed E-state index contributed by atoms with van der Waals surface area (Å²) in [4.78, 5) is 10.3. The van der Waals surface area contributed by atoms with E-state index >= 15 is 0 Å². The van der Waals surface area contributed by atoms with Crippen molar-refractivity contribution in [2.75, 3.05) is 0 Å². The van der Waals surface area contributed by atoms with Crippen LogP contribution in [0, 0.1) is 0 Å². The number of rotatable bonds is 6. The molecule has 1 aromatic heterocycles. The van der Waals surface area contributed by atoms with Crippen molar-refractivity contribution in [1.29, 1.82) is 0 Å². The van der Waals surface area contributed by atoms with Gasteiger partial charge in [0.15, 0.2) is 5.82 Å². The summed E-state index contributed by atoms with van der Waals surface area (Å²) < 4.78 is 0. The minimum atomic E-state index is 0.0808. The minimum absolute atomic E-state index is 0.0808. The van der Waals surface area contributed by atoms with Crippen LogP contribution in [-0.2, 0) is 5.41 Å². The van der Waals surface area contributed by atoms with Crippen LogP contribution in [0.3, 0.4) is 0 Å². The van der Waals surface area contributed by atoms with Crippen molar-refractivity contribution in [3.8, 4) is 78.4 Å². The van der Waals surface area contributed by atoms with E-state index in [0.717, 1.165) is 39.5 Å². The quantitative estimate of drug-likeness (QED) is 0.170. The van der Waals surface area contributed by atoms with Gasteiger partial charge in [-0.15, -0.1) is 0 Å². The van der Waals surface area contributed by atoms with Crippen LogP contribution in [0.2, 0.25) is 0 Å². The molecule has 0 N–H and O–H groups in total. The number of hydrogen-bond donors (Lipinski definition) is 0. The third kappa shape index (κ3) is 5.87. The topological polar surface area (TPSA) is 25.8 Å². The summed E-state index contributed by atoms with van der Waals surface area (Å²) in [5.74, 6) is 0.717. The molecule has 276 valence electrons. The molecule has 2 nitrogen and oxygen atoms in total. The van der Waals surface area contributed by atoms with Crippen LogP contribution < -0.4 is 0 Å². The lowest BCUT2D eigenvalue weighted by atomic mass is 9.67. The van der Waals surface area contributed by atoms with Gasteiger partial charge in [0.1, 0.15) is 0 Å². The fraction of sp³-hybridized carbons (Fsp3) is 0.107. The normalized spacial score (nSPS) is 14.0. The van der Waals surface area contributed by atoms with E-state index in [1.165, 1.54) is 92.9 Å². The number of nitrogens with zero attached hydrogens (tertiary/aromatic N) is 2. The van der Waals surface area contributed by atoms with Crippen molar-refractivity contribution in [3.05, 3.63) is 205 Å². The lowest BCUT2D eigenvalue weighted by Crippen LogP contribution is -2.28. The zero-order valence-corrected chi connectivity index (χ0v) is 32.4. The summed E-state index contributed by atoms with van der Waals surface area (Å²) in [5.41, 5.74) is 18.2. The van der Waals surface area contributed by atoms with Crippen molar-refractivity contribution in [2.24, 2.45) is 0 Å². The molecule has 0 aliphatic heterocycles. The Labute approximate surface area is 340 Å². The highest BCUT2D eigenvalue weighted by Crippen LogP contribution is 2.59. The molecule has 0 atom stereocenters. The Kier molecular flexibility index (Phi) is 8.43. The van der Waals surface area contributed by atoms with Crippen molar-refractivity contribution >= 4 is 10.8 Å². The van der Waals surface area contributed by atoms with Gasteiger partial charge in [-0.3, -0.25) is 0 Å². The molecule has 0 radical (unpaired) electrons. The highest BCUT2D eigenvalue weighted by molar-refractivity contribution is 6.01. The SMILES string of the molecule is c1ccc(-c2cccc(-c3cc(-c4ccc(-c5ccccc5-c5cccc6c5-c5cc7ccccc7cc5C65CCCCC5)cc4)nc(-c4ccccc4)n3)c2)cc1. The molecule has 0 unspecified atom stereocenters. The first-order valence-corrected chi connectivity index (χ1v) is 20.7. The predicted molar refractivity (Wildman–Crippen MR) is 241 cm³/mol. The van der Waals surface area contributed by atoms with Gasteiger partial charge in [0, 0.05) is 22.1 Å². The highest BCUT2D eigenvalue weighted by Gasteiger charge is 2.44. The van der Waals surface area contributed by atoms with E-state index < -0.39 is 0 Å². The monoisotopic (exact) mass is 742 g/mol. The molecule has 2 aliphatic carbocycles. The van der Waals surface area contributed by atoms with E-state index in [-0.39, 0.29) is 5.41 Å². The van der Waals surface area contributed by atoms with Crippen LogP contribution in [0.5, 0.6) is 0 Å². The third-order valence-electron chi connectivity index (χ3n) is 12.7. The second-order valence-corrected chi connectivity index (χ2v) is 16.0. The maximum absolute atomic E-state index is 5.16. The van der Waals surface area contributed by atoms with Crippen molar-refractivity contribution < 1.29 is 0 Å². The zero-order valence-electron chi connectivity index (χ0n) is 32.4. The van der Waals surface area contributed by atoms with E-state index in [4.69, 9.17) is 9.97 Å². The van der Waals surface area contributed by atoms with Gasteiger partial charge in [0.25, 0.3) is 0 Å². The third-order valence-corrected chi connectivity index (χ3v) is 12.7. The zero-order chi connectivity index (χ0) is 38.5. The average Bonchev–Trinajstić information content (AvgIpc) is 3.56. The van der Waals surface area contributed by atoms with Crippen LogP contribution in [0.15, 0.2) is 194 Å². The Balaban J connectivity index is 1.01. The van der Waals surface area contributed by atoms with E-state index in [1.54, 1.807) is 0 Å². The van der Waals surface area contributed by atoms with Crippen molar-refractivity contribution in [2.45, 2.75) is 37.5 Å². The van der Waals surface area contributed by atoms with E-state index in [1.807, 2.05) is 18.2 Å². The summed E-state index contributed by atoms with van der Waals surface area (Å²) in [7, 11) is 0. The second kappa shape index (κ2) is 14.2. The highest BCUT2D eigenvalue weighted by atomic mass is 14.9. The van der Waals surface area contributed by atoms with Gasteiger partial charge in [0.2, 0.25) is 0 Å². The molecule has 9 aromatic rings. The van der Waals surface area contributed by atoms with Crippen LogP contribution >= 0.6 is 0 Å². The summed E-state index contributed by atoms with van der Waals surface area (Å²) in [6.07, 6.45) is 6.31.